The first-order valence-corrected chi connectivity index (χ1v) is 9.01. The minimum absolute atomic E-state index is 0.127. The van der Waals surface area contributed by atoms with E-state index in [9.17, 15) is 53.1 Å². The first-order valence-electron chi connectivity index (χ1n) is 8.60. The van der Waals surface area contributed by atoms with Crippen molar-refractivity contribution in [3.05, 3.63) is 69.5 Å². The Bertz CT molecular complexity index is 1080. The molecular weight excluding hydrogens is 515 g/mol. The lowest BCUT2D eigenvalue weighted by molar-refractivity contribution is -0.143. The number of ether oxygens (including phenoxy) is 1. The summed E-state index contributed by atoms with van der Waals surface area (Å²) in [7, 11) is 2.28. The second kappa shape index (κ2) is 9.35. The van der Waals surface area contributed by atoms with Gasteiger partial charge >= 0.3 is 18.3 Å². The summed E-state index contributed by atoms with van der Waals surface area (Å²) >= 11 is 4.85. The molecule has 0 radical (unpaired) electrons. The fraction of sp³-hybridized carbons (Fsp3) is 0.263. The van der Waals surface area contributed by atoms with E-state index in [1.807, 2.05) is 0 Å². The molecule has 0 saturated heterocycles. The number of halogens is 11. The van der Waals surface area contributed by atoms with Crippen LogP contribution in [0.25, 0.3) is 0 Å². The van der Waals surface area contributed by atoms with Crippen molar-refractivity contribution in [2.45, 2.75) is 18.5 Å². The number of carbonyl (C=O) groups is 1. The molecule has 0 aromatic heterocycles. The molecule has 0 N–H and O–H groups in total. The molecule has 0 aliphatic heterocycles. The van der Waals surface area contributed by atoms with Gasteiger partial charge < -0.3 is 9.64 Å². The lowest BCUT2D eigenvalue weighted by Crippen LogP contribution is -2.31. The SMILES string of the molecule is CN(C)C(=S)C(OC(=O)c1c(F)c(F)c(F)c(F)c1F)c1cc(C(F)(F)F)cc(C(F)(F)F)c1. The maximum absolute atomic E-state index is 13.9. The number of nitrogens with zero attached hydrogens (tertiary/aromatic N) is 1. The molecule has 2 rings (SSSR count). The number of hydrogen-bond acceptors (Lipinski definition) is 3. The molecule has 3 nitrogen and oxygen atoms in total. The normalized spacial score (nSPS) is 13.0. The van der Waals surface area contributed by atoms with Crippen LogP contribution in [0, 0.1) is 29.1 Å². The molecule has 34 heavy (non-hydrogen) atoms. The second-order valence-corrected chi connectivity index (χ2v) is 7.22. The summed E-state index contributed by atoms with van der Waals surface area (Å²) in [6.45, 7) is 0. The molecule has 0 aliphatic carbocycles. The Morgan fingerprint density at radius 3 is 1.53 bits per heavy atom. The number of esters is 1. The van der Waals surface area contributed by atoms with Crippen molar-refractivity contribution < 1.29 is 57.8 Å². The lowest BCUT2D eigenvalue weighted by atomic mass is 10.0. The maximum Gasteiger partial charge on any atom is 0.416 e. The fourth-order valence-corrected chi connectivity index (χ4v) is 2.76. The Balaban J connectivity index is 2.71. The van der Waals surface area contributed by atoms with E-state index in [1.54, 1.807) is 0 Å². The van der Waals surface area contributed by atoms with Gasteiger partial charge in [0.2, 0.25) is 5.82 Å². The zero-order chi connectivity index (χ0) is 26.3. The quantitative estimate of drug-likeness (QED) is 0.156. The molecule has 2 aromatic carbocycles. The van der Waals surface area contributed by atoms with Gasteiger partial charge in [0.1, 0.15) is 10.6 Å². The highest BCUT2D eigenvalue weighted by Crippen LogP contribution is 2.38. The fourth-order valence-electron chi connectivity index (χ4n) is 2.58. The van der Waals surface area contributed by atoms with Crippen LogP contribution in [0.3, 0.4) is 0 Å². The Hall–Kier alpha value is -2.97. The summed E-state index contributed by atoms with van der Waals surface area (Å²) < 4.78 is 152. The van der Waals surface area contributed by atoms with Crippen LogP contribution in [0.15, 0.2) is 18.2 Å². The summed E-state index contributed by atoms with van der Waals surface area (Å²) in [5.41, 5.74) is -6.82. The zero-order valence-corrected chi connectivity index (χ0v) is 17.5. The topological polar surface area (TPSA) is 29.5 Å². The van der Waals surface area contributed by atoms with Crippen LogP contribution in [0.1, 0.15) is 33.2 Å². The molecule has 15 heteroatoms. The van der Waals surface area contributed by atoms with Gasteiger partial charge in [-0.1, -0.05) is 12.2 Å². The van der Waals surface area contributed by atoms with Crippen molar-refractivity contribution >= 4 is 23.2 Å². The largest absolute Gasteiger partial charge is 0.446 e. The number of carbonyl (C=O) groups excluding carboxylic acids is 1. The predicted molar refractivity (Wildman–Crippen MR) is 97.1 cm³/mol. The number of benzene rings is 2. The van der Waals surface area contributed by atoms with Crippen LogP contribution in [0.4, 0.5) is 48.3 Å². The minimum atomic E-state index is -5.31. The number of hydrogen-bond donors (Lipinski definition) is 0. The third kappa shape index (κ3) is 5.39. The third-order valence-electron chi connectivity index (χ3n) is 4.22. The van der Waals surface area contributed by atoms with Crippen molar-refractivity contribution in [1.82, 2.24) is 4.90 Å². The highest BCUT2D eigenvalue weighted by molar-refractivity contribution is 7.80. The smallest absolute Gasteiger partial charge is 0.416 e. The summed E-state index contributed by atoms with van der Waals surface area (Å²) in [6.07, 6.45) is -13.0. The molecule has 0 spiro atoms. The molecular formula is C19H10F11NO2S. The number of likely N-dealkylation sites (N-methyl/N-ethyl adjacent to an activating group) is 1. The van der Waals surface area contributed by atoms with E-state index in [4.69, 9.17) is 12.2 Å². The van der Waals surface area contributed by atoms with E-state index in [0.29, 0.717) is 0 Å². The molecule has 0 heterocycles. The highest BCUT2D eigenvalue weighted by Gasteiger charge is 2.39. The minimum Gasteiger partial charge on any atom is -0.446 e. The van der Waals surface area contributed by atoms with Gasteiger partial charge in [-0.15, -0.1) is 0 Å². The molecule has 2 aromatic rings. The second-order valence-electron chi connectivity index (χ2n) is 6.80. The Kier molecular flexibility index (Phi) is 7.50. The van der Waals surface area contributed by atoms with Gasteiger partial charge in [-0.3, -0.25) is 0 Å². The van der Waals surface area contributed by atoms with E-state index in [0.717, 1.165) is 19.0 Å². The van der Waals surface area contributed by atoms with Crippen LogP contribution in [0.2, 0.25) is 0 Å². The molecule has 1 atom stereocenters. The van der Waals surface area contributed by atoms with Gasteiger partial charge in [0.25, 0.3) is 0 Å². The van der Waals surface area contributed by atoms with Gasteiger partial charge in [0.15, 0.2) is 29.4 Å². The Labute approximate surface area is 188 Å². The molecule has 0 saturated carbocycles. The van der Waals surface area contributed by atoms with Crippen LogP contribution in [0.5, 0.6) is 0 Å². The summed E-state index contributed by atoms with van der Waals surface area (Å²) in [5.74, 6) is -15.2. The van der Waals surface area contributed by atoms with Crippen molar-refractivity contribution in [2.75, 3.05) is 14.1 Å². The van der Waals surface area contributed by atoms with Gasteiger partial charge in [0.05, 0.1) is 11.1 Å². The summed E-state index contributed by atoms with van der Waals surface area (Å²) in [6, 6.07) is 0.00814. The Morgan fingerprint density at radius 2 is 1.18 bits per heavy atom. The average Bonchev–Trinajstić information content (AvgIpc) is 2.72. The molecule has 0 bridgehead atoms. The van der Waals surface area contributed by atoms with Crippen LogP contribution in [-0.4, -0.2) is 30.0 Å². The molecule has 186 valence electrons. The van der Waals surface area contributed by atoms with Gasteiger partial charge in [0, 0.05) is 19.7 Å². The number of rotatable bonds is 4. The van der Waals surface area contributed by atoms with Gasteiger partial charge in [-0.25, -0.2) is 26.7 Å². The standard InChI is InChI=1S/C19H10F11NO2S/c1-31(2)16(34)15(6-3-7(18(25,26)27)5-8(4-6)19(28,29)30)33-17(32)9-10(20)12(22)14(24)13(23)11(9)21/h3-5,15H,1-2H3. The third-order valence-corrected chi connectivity index (χ3v) is 4.80. The summed E-state index contributed by atoms with van der Waals surface area (Å²) in [5, 5.41) is 0. The number of alkyl halides is 6. The van der Waals surface area contributed by atoms with Crippen molar-refractivity contribution in [3.63, 3.8) is 0 Å². The van der Waals surface area contributed by atoms with Crippen LogP contribution >= 0.6 is 12.2 Å². The van der Waals surface area contributed by atoms with Gasteiger partial charge in [-0.05, 0) is 18.2 Å². The van der Waals surface area contributed by atoms with E-state index in [2.05, 4.69) is 4.74 Å². The predicted octanol–water partition coefficient (Wildman–Crippen LogP) is 6.21. The molecule has 1 unspecified atom stereocenters. The van der Waals surface area contributed by atoms with E-state index in [-0.39, 0.29) is 18.2 Å². The first-order chi connectivity index (χ1) is 15.4. The summed E-state index contributed by atoms with van der Waals surface area (Å²) in [4.78, 5) is 12.5. The Morgan fingerprint density at radius 1 is 0.794 bits per heavy atom. The lowest BCUT2D eigenvalue weighted by Gasteiger charge is -2.25. The zero-order valence-electron chi connectivity index (χ0n) is 16.6. The molecule has 0 aliphatic rings. The van der Waals surface area contributed by atoms with Crippen LogP contribution in [-0.2, 0) is 17.1 Å². The average molecular weight is 525 g/mol. The first kappa shape index (κ1) is 27.3. The van der Waals surface area contributed by atoms with E-state index in [1.165, 1.54) is 0 Å². The number of thiocarbonyl (C=S) groups is 1. The van der Waals surface area contributed by atoms with E-state index >= 15 is 0 Å². The van der Waals surface area contributed by atoms with Crippen molar-refractivity contribution in [3.8, 4) is 0 Å². The van der Waals surface area contributed by atoms with Gasteiger partial charge in [-0.2, -0.15) is 26.3 Å². The van der Waals surface area contributed by atoms with Crippen LogP contribution < -0.4 is 0 Å². The molecule has 0 fully saturated rings. The van der Waals surface area contributed by atoms with Crippen molar-refractivity contribution in [2.24, 2.45) is 0 Å². The highest BCUT2D eigenvalue weighted by atomic mass is 32.1. The maximum atomic E-state index is 13.9. The monoisotopic (exact) mass is 525 g/mol. The molecule has 0 amide bonds. The van der Waals surface area contributed by atoms with E-state index < -0.39 is 80.8 Å². The van der Waals surface area contributed by atoms with Crippen molar-refractivity contribution in [1.29, 1.82) is 0 Å².